The van der Waals surface area contributed by atoms with Crippen LogP contribution in [0.5, 0.6) is 0 Å². The maximum atomic E-state index is 12.8. The lowest BCUT2D eigenvalue weighted by Crippen LogP contribution is -2.51. The highest BCUT2D eigenvalue weighted by Crippen LogP contribution is 2.42. The van der Waals surface area contributed by atoms with E-state index in [1.807, 2.05) is 6.20 Å². The predicted molar refractivity (Wildman–Crippen MR) is 120 cm³/mol. The zero-order valence-electron chi connectivity index (χ0n) is 18.2. The van der Waals surface area contributed by atoms with Crippen molar-refractivity contribution in [1.82, 2.24) is 19.9 Å². The molecular formula is C22H29ClN6O2. The lowest BCUT2D eigenvalue weighted by atomic mass is 9.96. The Morgan fingerprint density at radius 2 is 2.03 bits per heavy atom. The number of pyridine rings is 1. The van der Waals surface area contributed by atoms with Crippen molar-refractivity contribution in [3.63, 3.8) is 0 Å². The standard InChI is InChI=1S/C22H29ClN6O2/c1-4-16-12(2)6-25-17(13(16)3)10-29-9-15(5-18(31)28-7-14(8-28)11-30)19-20(23)26-22(24)27-21(19)29/h6,14-15,30H,4-5,7-11H2,1-3H3,(H2,24,26,27)/t15-/m0/s1. The number of likely N-dealkylation sites (tertiary alicyclic amines) is 1. The van der Waals surface area contributed by atoms with E-state index in [0.29, 0.717) is 43.6 Å². The maximum absolute atomic E-state index is 12.8. The van der Waals surface area contributed by atoms with Crippen LogP contribution in [0.3, 0.4) is 0 Å². The Balaban J connectivity index is 1.59. The molecule has 0 spiro atoms. The second-order valence-electron chi connectivity index (χ2n) is 8.58. The van der Waals surface area contributed by atoms with Crippen LogP contribution in [-0.2, 0) is 17.8 Å². The first-order valence-electron chi connectivity index (χ1n) is 10.7. The summed E-state index contributed by atoms with van der Waals surface area (Å²) in [4.78, 5) is 29.9. The molecule has 4 rings (SSSR count). The number of aliphatic hydroxyl groups is 1. The maximum Gasteiger partial charge on any atom is 0.223 e. The molecule has 1 atom stereocenters. The largest absolute Gasteiger partial charge is 0.396 e. The summed E-state index contributed by atoms with van der Waals surface area (Å²) in [5.41, 5.74) is 11.4. The molecule has 1 saturated heterocycles. The van der Waals surface area contributed by atoms with Gasteiger partial charge in [-0.2, -0.15) is 4.98 Å². The minimum Gasteiger partial charge on any atom is -0.396 e. The number of carbonyl (C=O) groups excluding carboxylic acids is 1. The van der Waals surface area contributed by atoms with Crippen LogP contribution in [0.1, 0.15) is 47.2 Å². The van der Waals surface area contributed by atoms with Crippen LogP contribution < -0.4 is 10.6 Å². The van der Waals surface area contributed by atoms with Gasteiger partial charge in [-0.05, 0) is 37.0 Å². The van der Waals surface area contributed by atoms with Crippen LogP contribution in [0.25, 0.3) is 0 Å². The molecular weight excluding hydrogens is 416 g/mol. The molecule has 0 unspecified atom stereocenters. The Bertz CT molecular complexity index is 1010. The van der Waals surface area contributed by atoms with Crippen molar-refractivity contribution in [3.8, 4) is 0 Å². The zero-order valence-corrected chi connectivity index (χ0v) is 19.0. The van der Waals surface area contributed by atoms with Gasteiger partial charge < -0.3 is 20.6 Å². The number of nitrogens with two attached hydrogens (primary N) is 1. The third-order valence-electron chi connectivity index (χ3n) is 6.50. The van der Waals surface area contributed by atoms with Crippen molar-refractivity contribution in [3.05, 3.63) is 39.3 Å². The number of nitrogens with zero attached hydrogens (tertiary/aromatic N) is 5. The van der Waals surface area contributed by atoms with Gasteiger partial charge >= 0.3 is 0 Å². The summed E-state index contributed by atoms with van der Waals surface area (Å²) in [7, 11) is 0. The molecule has 2 aromatic rings. The molecule has 9 heteroatoms. The van der Waals surface area contributed by atoms with Gasteiger partial charge in [0.15, 0.2) is 0 Å². The Morgan fingerprint density at radius 1 is 1.29 bits per heavy atom. The van der Waals surface area contributed by atoms with E-state index < -0.39 is 0 Å². The van der Waals surface area contributed by atoms with E-state index in [9.17, 15) is 9.90 Å². The number of amides is 1. The minimum absolute atomic E-state index is 0.0632. The van der Waals surface area contributed by atoms with Gasteiger partial charge in [0.25, 0.3) is 0 Å². The number of aliphatic hydroxyl groups excluding tert-OH is 1. The molecule has 1 fully saturated rings. The second-order valence-corrected chi connectivity index (χ2v) is 8.94. The minimum atomic E-state index is -0.111. The van der Waals surface area contributed by atoms with Crippen molar-refractivity contribution in [2.75, 3.05) is 36.9 Å². The molecule has 2 aliphatic rings. The van der Waals surface area contributed by atoms with Crippen LogP contribution >= 0.6 is 11.6 Å². The summed E-state index contributed by atoms with van der Waals surface area (Å²) in [5, 5.41) is 9.53. The molecule has 166 valence electrons. The van der Waals surface area contributed by atoms with Gasteiger partial charge in [-0.1, -0.05) is 18.5 Å². The normalized spacial score (nSPS) is 18.3. The van der Waals surface area contributed by atoms with Gasteiger partial charge in [-0.25, -0.2) is 4.98 Å². The number of fused-ring (bicyclic) bond motifs is 1. The molecule has 1 amide bonds. The van der Waals surface area contributed by atoms with Crippen LogP contribution in [0.4, 0.5) is 11.8 Å². The quantitative estimate of drug-likeness (QED) is 0.657. The fourth-order valence-electron chi connectivity index (χ4n) is 4.72. The Morgan fingerprint density at radius 3 is 2.71 bits per heavy atom. The molecule has 0 radical (unpaired) electrons. The Labute approximate surface area is 187 Å². The first-order valence-corrected chi connectivity index (χ1v) is 11.1. The van der Waals surface area contributed by atoms with Crippen molar-refractivity contribution in [2.24, 2.45) is 5.92 Å². The number of nitrogen functional groups attached to an aromatic ring is 1. The van der Waals surface area contributed by atoms with Gasteiger partial charge in [0.05, 0.1) is 12.2 Å². The van der Waals surface area contributed by atoms with Crippen molar-refractivity contribution in [1.29, 1.82) is 0 Å². The van der Waals surface area contributed by atoms with E-state index in [-0.39, 0.29) is 30.3 Å². The molecule has 0 saturated carbocycles. The van der Waals surface area contributed by atoms with E-state index in [1.165, 1.54) is 16.7 Å². The summed E-state index contributed by atoms with van der Waals surface area (Å²) >= 11 is 6.46. The summed E-state index contributed by atoms with van der Waals surface area (Å²) < 4.78 is 0. The van der Waals surface area contributed by atoms with Crippen molar-refractivity contribution < 1.29 is 9.90 Å². The number of aryl methyl sites for hydroxylation is 1. The van der Waals surface area contributed by atoms with E-state index in [1.54, 1.807) is 4.90 Å². The van der Waals surface area contributed by atoms with Gasteiger partial charge in [-0.3, -0.25) is 9.78 Å². The first kappa shape index (κ1) is 21.8. The number of hydrogen-bond donors (Lipinski definition) is 2. The average Bonchev–Trinajstić information content (AvgIpc) is 3.00. The number of aromatic nitrogens is 3. The number of carbonyl (C=O) groups is 1. The fourth-order valence-corrected chi connectivity index (χ4v) is 5.05. The molecule has 2 aromatic heterocycles. The van der Waals surface area contributed by atoms with Crippen LogP contribution in [0, 0.1) is 19.8 Å². The van der Waals surface area contributed by atoms with Crippen molar-refractivity contribution in [2.45, 2.75) is 46.1 Å². The SMILES string of the molecule is CCc1c(C)cnc(CN2C[C@H](CC(=O)N3CC(CO)C3)c3c(Cl)nc(N)nc32)c1C. The highest BCUT2D eigenvalue weighted by molar-refractivity contribution is 6.30. The smallest absolute Gasteiger partial charge is 0.223 e. The molecule has 4 heterocycles. The molecule has 0 aromatic carbocycles. The highest BCUT2D eigenvalue weighted by atomic mass is 35.5. The Kier molecular flexibility index (Phi) is 6.03. The van der Waals surface area contributed by atoms with E-state index >= 15 is 0 Å². The summed E-state index contributed by atoms with van der Waals surface area (Å²) in [6, 6.07) is 0. The average molecular weight is 445 g/mol. The predicted octanol–water partition coefficient (Wildman–Crippen LogP) is 2.23. The Hall–Kier alpha value is -2.45. The van der Waals surface area contributed by atoms with E-state index in [0.717, 1.165) is 17.7 Å². The highest BCUT2D eigenvalue weighted by Gasteiger charge is 2.38. The molecule has 3 N–H and O–H groups in total. The monoisotopic (exact) mass is 444 g/mol. The lowest BCUT2D eigenvalue weighted by Gasteiger charge is -2.38. The van der Waals surface area contributed by atoms with E-state index in [4.69, 9.17) is 17.3 Å². The van der Waals surface area contributed by atoms with Gasteiger partial charge in [0.1, 0.15) is 11.0 Å². The van der Waals surface area contributed by atoms with Crippen LogP contribution in [0.15, 0.2) is 6.20 Å². The molecule has 2 aliphatic heterocycles. The summed E-state index contributed by atoms with van der Waals surface area (Å²) in [6.07, 6.45) is 3.20. The molecule has 8 nitrogen and oxygen atoms in total. The summed E-state index contributed by atoms with van der Waals surface area (Å²) in [6.45, 7) is 8.84. The van der Waals surface area contributed by atoms with Crippen LogP contribution in [-0.4, -0.2) is 57.1 Å². The third-order valence-corrected chi connectivity index (χ3v) is 6.79. The number of anilines is 2. The second kappa shape index (κ2) is 8.59. The fraction of sp³-hybridized carbons (Fsp3) is 0.545. The lowest BCUT2D eigenvalue weighted by molar-refractivity contribution is -0.138. The molecule has 31 heavy (non-hydrogen) atoms. The first-order chi connectivity index (χ1) is 14.8. The third kappa shape index (κ3) is 4.06. The van der Waals surface area contributed by atoms with E-state index in [2.05, 4.69) is 40.6 Å². The van der Waals surface area contributed by atoms with Gasteiger partial charge in [0, 0.05) is 56.3 Å². The van der Waals surface area contributed by atoms with Gasteiger partial charge in [-0.15, -0.1) is 0 Å². The topological polar surface area (TPSA) is 108 Å². The van der Waals surface area contributed by atoms with Crippen LogP contribution in [0.2, 0.25) is 5.15 Å². The number of hydrogen-bond acceptors (Lipinski definition) is 7. The van der Waals surface area contributed by atoms with Gasteiger partial charge in [0.2, 0.25) is 11.9 Å². The molecule has 0 bridgehead atoms. The van der Waals surface area contributed by atoms with Crippen molar-refractivity contribution >= 4 is 29.3 Å². The number of halogens is 1. The molecule has 0 aliphatic carbocycles. The summed E-state index contributed by atoms with van der Waals surface area (Å²) in [5.74, 6) is 0.948. The zero-order chi connectivity index (χ0) is 22.3. The number of rotatable bonds is 6.